The van der Waals surface area contributed by atoms with Gasteiger partial charge < -0.3 is 5.11 Å². The summed E-state index contributed by atoms with van der Waals surface area (Å²) in [6.45, 7) is 6.67. The molecule has 1 heteroatoms. The number of benzene rings is 1. The summed E-state index contributed by atoms with van der Waals surface area (Å²) in [7, 11) is 0. The van der Waals surface area contributed by atoms with Crippen LogP contribution in [0.25, 0.3) is 0 Å². The van der Waals surface area contributed by atoms with Crippen LogP contribution in [-0.4, -0.2) is 5.11 Å². The maximum absolute atomic E-state index is 10.9. The predicted molar refractivity (Wildman–Crippen MR) is 102 cm³/mol. The molecule has 2 atom stereocenters. The molecule has 126 valence electrons. The van der Waals surface area contributed by atoms with E-state index >= 15 is 0 Å². The lowest BCUT2D eigenvalue weighted by Crippen LogP contribution is -2.19. The molecule has 2 aliphatic carbocycles. The summed E-state index contributed by atoms with van der Waals surface area (Å²) in [4.78, 5) is 0. The lowest BCUT2D eigenvalue weighted by Gasteiger charge is -2.29. The molecule has 1 nitrogen and oxygen atoms in total. The molecule has 0 spiro atoms. The summed E-state index contributed by atoms with van der Waals surface area (Å²) in [5, 5.41) is 10.9. The van der Waals surface area contributed by atoms with E-state index in [0.717, 1.165) is 36.8 Å². The van der Waals surface area contributed by atoms with Gasteiger partial charge in [-0.05, 0) is 54.6 Å². The third-order valence-electron chi connectivity index (χ3n) is 5.26. The van der Waals surface area contributed by atoms with Crippen LogP contribution in [0.1, 0.15) is 43.4 Å². The maximum Gasteiger partial charge on any atom is 0.122 e. The van der Waals surface area contributed by atoms with Crippen molar-refractivity contribution in [1.29, 1.82) is 0 Å². The molecule has 24 heavy (non-hydrogen) atoms. The number of rotatable bonds is 4. The zero-order valence-electron chi connectivity index (χ0n) is 15.0. The molecule has 0 fully saturated rings. The Morgan fingerprint density at radius 3 is 1.67 bits per heavy atom. The molecular weight excluding hydrogens is 292 g/mol. The normalized spacial score (nSPS) is 28.5. The van der Waals surface area contributed by atoms with E-state index in [0.29, 0.717) is 5.75 Å². The molecule has 0 radical (unpaired) electrons. The number of aromatic hydroxyl groups is 1. The Labute approximate surface area is 146 Å². The Kier molecular flexibility index (Phi) is 4.54. The summed E-state index contributed by atoms with van der Waals surface area (Å²) in [5.41, 5.74) is 3.57. The Balaban J connectivity index is 1.88. The Hall–Kier alpha value is -2.02. The molecule has 1 aromatic rings. The topological polar surface area (TPSA) is 20.2 Å². The third-order valence-corrected chi connectivity index (χ3v) is 5.26. The van der Waals surface area contributed by atoms with Gasteiger partial charge in [-0.1, -0.05) is 80.2 Å². The highest BCUT2D eigenvalue weighted by atomic mass is 16.3. The largest absolute Gasteiger partial charge is 0.507 e. The maximum atomic E-state index is 10.9. The molecule has 2 aliphatic rings. The highest BCUT2D eigenvalue weighted by molar-refractivity contribution is 5.45. The van der Waals surface area contributed by atoms with Crippen molar-refractivity contribution >= 4 is 0 Å². The van der Waals surface area contributed by atoms with E-state index < -0.39 is 0 Å². The molecule has 3 rings (SSSR count). The first-order valence-electron chi connectivity index (χ1n) is 8.89. The summed E-state index contributed by atoms with van der Waals surface area (Å²) in [6, 6.07) is 4.30. The van der Waals surface area contributed by atoms with Crippen molar-refractivity contribution < 1.29 is 5.11 Å². The van der Waals surface area contributed by atoms with Gasteiger partial charge in [0.2, 0.25) is 0 Å². The SMILES string of the molecule is Cc1cc(CC2(C)C=CC=CC2)c(O)c(CC2(C)C=CC=CC2)c1. The van der Waals surface area contributed by atoms with Gasteiger partial charge in [0.25, 0.3) is 0 Å². The quantitative estimate of drug-likeness (QED) is 0.740. The second-order valence-electron chi connectivity index (χ2n) is 8.08. The third kappa shape index (κ3) is 3.72. The van der Waals surface area contributed by atoms with Crippen LogP contribution in [-0.2, 0) is 12.8 Å². The minimum Gasteiger partial charge on any atom is -0.507 e. The van der Waals surface area contributed by atoms with Gasteiger partial charge >= 0.3 is 0 Å². The number of aryl methyl sites for hydroxylation is 1. The van der Waals surface area contributed by atoms with Gasteiger partial charge in [-0.25, -0.2) is 0 Å². The number of phenols is 1. The minimum absolute atomic E-state index is 0.0919. The van der Waals surface area contributed by atoms with E-state index in [-0.39, 0.29) is 10.8 Å². The van der Waals surface area contributed by atoms with E-state index in [9.17, 15) is 5.11 Å². The van der Waals surface area contributed by atoms with Crippen LogP contribution >= 0.6 is 0 Å². The first kappa shape index (κ1) is 16.8. The molecule has 0 aromatic heterocycles. The van der Waals surface area contributed by atoms with E-state index in [1.165, 1.54) is 5.56 Å². The van der Waals surface area contributed by atoms with E-state index in [1.807, 2.05) is 0 Å². The highest BCUT2D eigenvalue weighted by Gasteiger charge is 2.27. The van der Waals surface area contributed by atoms with Gasteiger partial charge in [-0.2, -0.15) is 0 Å². The zero-order valence-corrected chi connectivity index (χ0v) is 15.0. The van der Waals surface area contributed by atoms with Gasteiger partial charge in [0.15, 0.2) is 0 Å². The molecule has 0 amide bonds. The van der Waals surface area contributed by atoms with Gasteiger partial charge in [-0.3, -0.25) is 0 Å². The summed E-state index contributed by atoms with van der Waals surface area (Å²) >= 11 is 0. The van der Waals surface area contributed by atoms with Crippen LogP contribution < -0.4 is 0 Å². The fourth-order valence-corrected chi connectivity index (χ4v) is 3.88. The first-order valence-corrected chi connectivity index (χ1v) is 8.89. The summed E-state index contributed by atoms with van der Waals surface area (Å²) < 4.78 is 0. The first-order chi connectivity index (χ1) is 11.4. The molecule has 0 bridgehead atoms. The van der Waals surface area contributed by atoms with Crippen LogP contribution in [0.5, 0.6) is 5.75 Å². The van der Waals surface area contributed by atoms with Crippen molar-refractivity contribution in [3.63, 3.8) is 0 Å². The summed E-state index contributed by atoms with van der Waals surface area (Å²) in [5.74, 6) is 0.494. The van der Waals surface area contributed by atoms with Crippen LogP contribution in [0.15, 0.2) is 60.7 Å². The van der Waals surface area contributed by atoms with Crippen LogP contribution in [0.3, 0.4) is 0 Å². The van der Waals surface area contributed by atoms with Gasteiger partial charge in [0.1, 0.15) is 5.75 Å². The average molecular weight is 320 g/mol. The van der Waals surface area contributed by atoms with Gasteiger partial charge in [0.05, 0.1) is 0 Å². The van der Waals surface area contributed by atoms with Crippen LogP contribution in [0.2, 0.25) is 0 Å². The number of phenolic OH excluding ortho intramolecular Hbond substituents is 1. The van der Waals surface area contributed by atoms with E-state index in [2.05, 4.69) is 81.5 Å². The smallest absolute Gasteiger partial charge is 0.122 e. The zero-order chi connectivity index (χ0) is 17.2. The Bertz CT molecular complexity index is 675. The molecule has 0 saturated carbocycles. The fraction of sp³-hybridized carbons (Fsp3) is 0.391. The molecule has 2 unspecified atom stereocenters. The van der Waals surface area contributed by atoms with Crippen molar-refractivity contribution in [3.05, 3.63) is 77.4 Å². The average Bonchev–Trinajstić information content (AvgIpc) is 2.52. The number of hydrogen-bond acceptors (Lipinski definition) is 1. The second-order valence-corrected chi connectivity index (χ2v) is 8.08. The molecule has 1 N–H and O–H groups in total. The molecule has 1 aromatic carbocycles. The fourth-order valence-electron chi connectivity index (χ4n) is 3.88. The predicted octanol–water partition coefficient (Wildman–Crippen LogP) is 5.83. The molecule has 0 aliphatic heterocycles. The molecular formula is C23H28O. The standard InChI is InChI=1S/C23H28O/c1-18-14-19(16-22(2)10-6-4-7-11-22)21(24)20(15-18)17-23(3)12-8-5-9-13-23/h4-10,12,14-15,24H,11,13,16-17H2,1-3H3. The second kappa shape index (κ2) is 6.47. The molecule has 0 heterocycles. The van der Waals surface area contributed by atoms with Gasteiger partial charge in [0, 0.05) is 0 Å². The number of allylic oxidation sites excluding steroid dienone is 8. The monoisotopic (exact) mass is 320 g/mol. The highest BCUT2D eigenvalue weighted by Crippen LogP contribution is 2.39. The Morgan fingerprint density at radius 2 is 1.29 bits per heavy atom. The minimum atomic E-state index is 0.0919. The van der Waals surface area contributed by atoms with Crippen molar-refractivity contribution in [1.82, 2.24) is 0 Å². The van der Waals surface area contributed by atoms with Crippen molar-refractivity contribution in [2.75, 3.05) is 0 Å². The summed E-state index contributed by atoms with van der Waals surface area (Å²) in [6.07, 6.45) is 21.2. The van der Waals surface area contributed by atoms with Crippen molar-refractivity contribution in [3.8, 4) is 5.75 Å². The van der Waals surface area contributed by atoms with Gasteiger partial charge in [-0.15, -0.1) is 0 Å². The van der Waals surface area contributed by atoms with Crippen LogP contribution in [0.4, 0.5) is 0 Å². The lowest BCUT2D eigenvalue weighted by atomic mass is 9.75. The Morgan fingerprint density at radius 1 is 0.833 bits per heavy atom. The van der Waals surface area contributed by atoms with E-state index in [1.54, 1.807) is 0 Å². The van der Waals surface area contributed by atoms with Crippen molar-refractivity contribution in [2.24, 2.45) is 10.8 Å². The van der Waals surface area contributed by atoms with Crippen molar-refractivity contribution in [2.45, 2.75) is 46.5 Å². The lowest BCUT2D eigenvalue weighted by molar-refractivity contribution is 0.390. The number of hydrogen-bond donors (Lipinski definition) is 1. The van der Waals surface area contributed by atoms with E-state index in [4.69, 9.17) is 0 Å². The van der Waals surface area contributed by atoms with Crippen LogP contribution in [0, 0.1) is 17.8 Å². The molecule has 0 saturated heterocycles.